The van der Waals surface area contributed by atoms with Gasteiger partial charge < -0.3 is 19.9 Å². The van der Waals surface area contributed by atoms with Crippen molar-refractivity contribution in [1.29, 1.82) is 0 Å². The Morgan fingerprint density at radius 1 is 1.04 bits per heavy atom. The number of aromatic nitrogens is 1. The van der Waals surface area contributed by atoms with Crippen molar-refractivity contribution >= 4 is 51.0 Å². The Hall–Kier alpha value is -4.11. The summed E-state index contributed by atoms with van der Waals surface area (Å²) in [6, 6.07) is 6.85. The number of carbonyl (C=O) groups excluding carboxylic acids is 5. The van der Waals surface area contributed by atoms with Crippen molar-refractivity contribution in [2.45, 2.75) is 108 Å². The summed E-state index contributed by atoms with van der Waals surface area (Å²) in [6.45, 7) is 7.97. The Balaban J connectivity index is 1.17. The Morgan fingerprint density at radius 3 is 2.49 bits per heavy atom. The quantitative estimate of drug-likeness (QED) is 0.305. The van der Waals surface area contributed by atoms with E-state index < -0.39 is 68.0 Å². The van der Waals surface area contributed by atoms with Crippen molar-refractivity contribution in [3.05, 3.63) is 53.1 Å². The fourth-order valence-corrected chi connectivity index (χ4v) is 10.5. The van der Waals surface area contributed by atoms with Crippen molar-refractivity contribution in [2.75, 3.05) is 19.6 Å². The van der Waals surface area contributed by atoms with Crippen LogP contribution in [0.15, 0.2) is 41.8 Å². The number of fused-ring (bicyclic) bond motifs is 4. The molecule has 0 unspecified atom stereocenters. The van der Waals surface area contributed by atoms with Crippen LogP contribution in [0.1, 0.15) is 94.6 Å². The molecule has 2 saturated heterocycles. The van der Waals surface area contributed by atoms with Gasteiger partial charge in [0.15, 0.2) is 0 Å². The predicted octanol–water partition coefficient (Wildman–Crippen LogP) is 4.37. The zero-order valence-electron chi connectivity index (χ0n) is 31.9. The molecule has 0 spiro atoms. The van der Waals surface area contributed by atoms with Gasteiger partial charge in [0.25, 0.3) is 11.8 Å². The number of nitrogens with zero attached hydrogens (tertiary/aromatic N) is 3. The van der Waals surface area contributed by atoms with Gasteiger partial charge in [0.05, 0.1) is 11.7 Å². The Kier molecular flexibility index (Phi) is 10.7. The van der Waals surface area contributed by atoms with Crippen LogP contribution in [0, 0.1) is 30.6 Å². The largest absolute Gasteiger partial charge is 0.460 e. The first kappa shape index (κ1) is 39.1. The average Bonchev–Trinajstić information content (AvgIpc) is 3.93. The van der Waals surface area contributed by atoms with Crippen LogP contribution in [0.2, 0.25) is 0 Å². The second-order valence-electron chi connectivity index (χ2n) is 17.0. The minimum Gasteiger partial charge on any atom is -0.460 e. The summed E-state index contributed by atoms with van der Waals surface area (Å²) in [6.07, 6.45) is 8.34. The van der Waals surface area contributed by atoms with Gasteiger partial charge in [-0.3, -0.25) is 28.7 Å². The molecule has 15 heteroatoms. The number of allylic oxidation sites excluding steroid dienone is 1. The molecule has 2 N–H and O–H groups in total. The molecular weight excluding hydrogens is 743 g/mol. The molecule has 13 nitrogen and oxygen atoms in total. The highest BCUT2D eigenvalue weighted by Gasteiger charge is 2.63. The van der Waals surface area contributed by atoms with E-state index in [1.54, 1.807) is 36.0 Å². The topological polar surface area (TPSA) is 172 Å². The molecule has 5 aliphatic rings. The van der Waals surface area contributed by atoms with E-state index in [0.29, 0.717) is 44.3 Å². The van der Waals surface area contributed by atoms with E-state index in [-0.39, 0.29) is 43.7 Å². The molecule has 55 heavy (non-hydrogen) atoms. The lowest BCUT2D eigenvalue weighted by atomic mass is 9.92. The zero-order chi connectivity index (χ0) is 39.3. The zero-order valence-corrected chi connectivity index (χ0v) is 33.5. The van der Waals surface area contributed by atoms with Crippen LogP contribution in [0.5, 0.6) is 0 Å². The SMILES string of the molecule is Cc1ccc(-c2nc(C(=O)N3C[C@H]4CN5C(=O)[C@@H](CC(=O)OC(C)(C)C)CCCCC/C=C\[C@@H]6C[C@@]6(C(=O)NS(=O)(=O)C6CC6)NC(=O)[C@@H]5[C@H]4C3)cs2)cc1. The molecule has 4 fully saturated rings. The number of esters is 1. The Labute approximate surface area is 326 Å². The van der Waals surface area contributed by atoms with Crippen molar-refractivity contribution in [3.63, 3.8) is 0 Å². The highest BCUT2D eigenvalue weighted by Crippen LogP contribution is 2.47. The summed E-state index contributed by atoms with van der Waals surface area (Å²) < 4.78 is 33.6. The van der Waals surface area contributed by atoms with Gasteiger partial charge in [-0.1, -0.05) is 54.8 Å². The fourth-order valence-electron chi connectivity index (χ4n) is 8.32. The average molecular weight is 794 g/mol. The molecule has 4 heterocycles. The van der Waals surface area contributed by atoms with Crippen LogP contribution in [-0.4, -0.2) is 94.9 Å². The lowest BCUT2D eigenvalue weighted by molar-refractivity contribution is -0.159. The van der Waals surface area contributed by atoms with Gasteiger partial charge in [-0.05, 0) is 66.2 Å². The number of sulfonamides is 1. The number of hydrogen-bond donors (Lipinski definition) is 2. The summed E-state index contributed by atoms with van der Waals surface area (Å²) in [4.78, 5) is 77.9. The molecule has 0 radical (unpaired) electrons. The van der Waals surface area contributed by atoms with Crippen LogP contribution in [0.25, 0.3) is 10.6 Å². The molecule has 6 atom stereocenters. The van der Waals surface area contributed by atoms with Crippen LogP contribution in [0.3, 0.4) is 0 Å². The molecule has 7 rings (SSSR count). The third-order valence-electron chi connectivity index (χ3n) is 11.5. The second-order valence-corrected chi connectivity index (χ2v) is 19.8. The normalized spacial score (nSPS) is 29.2. The number of benzene rings is 1. The van der Waals surface area contributed by atoms with Crippen molar-refractivity contribution in [2.24, 2.45) is 23.7 Å². The van der Waals surface area contributed by atoms with Gasteiger partial charge in [0.1, 0.15) is 27.9 Å². The smallest absolute Gasteiger partial charge is 0.307 e. The molecule has 1 aromatic heterocycles. The van der Waals surface area contributed by atoms with E-state index in [0.717, 1.165) is 29.0 Å². The van der Waals surface area contributed by atoms with E-state index in [4.69, 9.17) is 4.74 Å². The third kappa shape index (κ3) is 8.52. The van der Waals surface area contributed by atoms with E-state index in [1.165, 1.54) is 11.3 Å². The number of aryl methyl sites for hydroxylation is 1. The van der Waals surface area contributed by atoms with Crippen LogP contribution in [0.4, 0.5) is 0 Å². The number of carbonyl (C=O) groups is 5. The maximum atomic E-state index is 14.7. The number of amides is 4. The standard InChI is InChI=1S/C40H51N5O8S2/c1-24-12-14-25(15-13-24)35-41-31(23-54-35)37(49)44-20-27-21-45-33(30(27)22-44)34(47)42-40(38(50)43-55(51,52)29-16-17-29)19-28(40)11-9-7-5-6-8-10-26(36(45)48)18-32(46)53-39(2,3)4/h9,11-15,23,26-30,33H,5-8,10,16-22H2,1-4H3,(H,42,47)(H,43,50)/b11-9-/t26-,27+,28-,30+,33+,40-/m1/s1. The van der Waals surface area contributed by atoms with E-state index in [9.17, 15) is 32.4 Å². The Bertz CT molecular complexity index is 1980. The van der Waals surface area contributed by atoms with Crippen LogP contribution >= 0.6 is 11.3 Å². The van der Waals surface area contributed by atoms with Crippen molar-refractivity contribution in [1.82, 2.24) is 24.8 Å². The first-order valence-electron chi connectivity index (χ1n) is 19.4. The van der Waals surface area contributed by atoms with Crippen LogP contribution < -0.4 is 10.0 Å². The molecule has 2 saturated carbocycles. The first-order valence-corrected chi connectivity index (χ1v) is 21.9. The number of thiazole rings is 1. The van der Waals surface area contributed by atoms with Crippen molar-refractivity contribution in [3.8, 4) is 10.6 Å². The number of ether oxygens (including phenoxy) is 1. The van der Waals surface area contributed by atoms with Crippen LogP contribution in [-0.2, 0) is 33.9 Å². The summed E-state index contributed by atoms with van der Waals surface area (Å²) in [5, 5.41) is 4.77. The second kappa shape index (κ2) is 15.1. The molecule has 1 aromatic carbocycles. The first-order chi connectivity index (χ1) is 26.0. The molecule has 2 aromatic rings. The minimum atomic E-state index is -3.90. The summed E-state index contributed by atoms with van der Waals surface area (Å²) in [5.74, 6) is -4.33. The summed E-state index contributed by atoms with van der Waals surface area (Å²) in [7, 11) is -3.90. The number of likely N-dealkylation sites (tertiary alicyclic amines) is 1. The fraction of sp³-hybridized carbons (Fsp3) is 0.600. The van der Waals surface area contributed by atoms with E-state index in [1.807, 2.05) is 43.3 Å². The van der Waals surface area contributed by atoms with E-state index in [2.05, 4.69) is 15.0 Å². The monoisotopic (exact) mass is 793 g/mol. The maximum absolute atomic E-state index is 14.7. The highest BCUT2D eigenvalue weighted by atomic mass is 32.2. The van der Waals surface area contributed by atoms with Crippen molar-refractivity contribution < 1.29 is 37.1 Å². The summed E-state index contributed by atoms with van der Waals surface area (Å²) in [5.41, 5.74) is 0.0870. The van der Waals surface area contributed by atoms with Gasteiger partial charge in [-0.2, -0.15) is 0 Å². The molecule has 0 bridgehead atoms. The molecule has 296 valence electrons. The molecular formula is C40H51N5O8S2. The van der Waals surface area contributed by atoms with Gasteiger partial charge in [-0.15, -0.1) is 11.3 Å². The number of hydrogen-bond acceptors (Lipinski definition) is 10. The molecule has 3 aliphatic heterocycles. The molecule has 4 amide bonds. The highest BCUT2D eigenvalue weighted by molar-refractivity contribution is 7.91. The number of nitrogens with one attached hydrogen (secondary N) is 2. The maximum Gasteiger partial charge on any atom is 0.307 e. The Morgan fingerprint density at radius 2 is 1.78 bits per heavy atom. The summed E-state index contributed by atoms with van der Waals surface area (Å²) >= 11 is 1.38. The van der Waals surface area contributed by atoms with Gasteiger partial charge in [0.2, 0.25) is 21.8 Å². The predicted molar refractivity (Wildman–Crippen MR) is 206 cm³/mol. The lowest BCUT2D eigenvalue weighted by Gasteiger charge is -2.32. The third-order valence-corrected chi connectivity index (χ3v) is 14.2. The molecule has 2 aliphatic carbocycles. The van der Waals surface area contributed by atoms with Gasteiger partial charge in [-0.25, -0.2) is 13.4 Å². The van der Waals surface area contributed by atoms with E-state index >= 15 is 0 Å². The minimum absolute atomic E-state index is 0.138. The van der Waals surface area contributed by atoms with Gasteiger partial charge >= 0.3 is 5.97 Å². The number of rotatable bonds is 7. The van der Waals surface area contributed by atoms with Gasteiger partial charge in [0, 0.05) is 54.2 Å². The lowest BCUT2D eigenvalue weighted by Crippen LogP contribution is -2.58.